The Labute approximate surface area is 124 Å². The molecule has 20 heavy (non-hydrogen) atoms. The van der Waals surface area contributed by atoms with Crippen LogP contribution in [0.1, 0.15) is 0 Å². The van der Waals surface area contributed by atoms with Gasteiger partial charge in [-0.3, -0.25) is 4.79 Å². The van der Waals surface area contributed by atoms with Crippen LogP contribution in [0.15, 0.2) is 24.3 Å². The fourth-order valence-corrected chi connectivity index (χ4v) is 1.32. The van der Waals surface area contributed by atoms with E-state index in [0.29, 0.717) is 25.4 Å². The number of ether oxygens (including phenoxy) is 2. The van der Waals surface area contributed by atoms with E-state index in [-0.39, 0.29) is 30.7 Å². The zero-order chi connectivity index (χ0) is 13.9. The van der Waals surface area contributed by atoms with Crippen LogP contribution in [0.3, 0.4) is 0 Å². The molecule has 0 aliphatic rings. The van der Waals surface area contributed by atoms with Crippen molar-refractivity contribution in [2.45, 2.75) is 0 Å². The first kappa shape index (κ1) is 18.6. The van der Waals surface area contributed by atoms with E-state index in [1.54, 1.807) is 7.11 Å². The summed E-state index contributed by atoms with van der Waals surface area (Å²) in [5, 5.41) is 5.80. The van der Waals surface area contributed by atoms with E-state index in [2.05, 4.69) is 10.6 Å². The van der Waals surface area contributed by atoms with Gasteiger partial charge in [0.15, 0.2) is 6.61 Å². The lowest BCUT2D eigenvalue weighted by molar-refractivity contribution is -0.123. The van der Waals surface area contributed by atoms with Gasteiger partial charge >= 0.3 is 0 Å². The predicted molar refractivity (Wildman–Crippen MR) is 76.9 cm³/mol. The monoisotopic (exact) mass is 306 g/mol. The molecule has 0 atom stereocenters. The second-order valence-corrected chi connectivity index (χ2v) is 3.84. The van der Waals surface area contributed by atoms with Crippen molar-refractivity contribution in [2.24, 2.45) is 0 Å². The Morgan fingerprint density at radius 2 is 1.90 bits per heavy atom. The lowest BCUT2D eigenvalue weighted by Gasteiger charge is -2.08. The molecule has 7 heteroatoms. The molecule has 0 radical (unpaired) electrons. The molecule has 1 aromatic rings. The summed E-state index contributed by atoms with van der Waals surface area (Å²) in [5.74, 6) is -0.0772. The number of methoxy groups -OCH3 is 1. The molecule has 0 aliphatic carbocycles. The van der Waals surface area contributed by atoms with E-state index in [0.717, 1.165) is 6.54 Å². The highest BCUT2D eigenvalue weighted by Gasteiger charge is 2.02. The van der Waals surface area contributed by atoms with E-state index >= 15 is 0 Å². The maximum atomic E-state index is 12.6. The number of halogens is 2. The zero-order valence-corrected chi connectivity index (χ0v) is 12.2. The second kappa shape index (κ2) is 11.5. The van der Waals surface area contributed by atoms with Gasteiger partial charge in [-0.25, -0.2) is 4.39 Å². The average molecular weight is 307 g/mol. The maximum Gasteiger partial charge on any atom is 0.257 e. The minimum Gasteiger partial charge on any atom is -0.484 e. The Balaban J connectivity index is 0.00000361. The minimum absolute atomic E-state index is 0. The van der Waals surface area contributed by atoms with Crippen molar-refractivity contribution >= 4 is 18.3 Å². The summed E-state index contributed by atoms with van der Waals surface area (Å²) >= 11 is 0. The van der Waals surface area contributed by atoms with Gasteiger partial charge < -0.3 is 20.1 Å². The van der Waals surface area contributed by atoms with Gasteiger partial charge in [0.05, 0.1) is 6.61 Å². The van der Waals surface area contributed by atoms with E-state index < -0.39 is 0 Å². The summed E-state index contributed by atoms with van der Waals surface area (Å²) in [6.07, 6.45) is 0. The molecule has 1 aromatic carbocycles. The lowest BCUT2D eigenvalue weighted by atomic mass is 10.3. The summed E-state index contributed by atoms with van der Waals surface area (Å²) in [6, 6.07) is 5.53. The maximum absolute atomic E-state index is 12.6. The third-order valence-corrected chi connectivity index (χ3v) is 2.29. The highest BCUT2D eigenvalue weighted by molar-refractivity contribution is 5.85. The van der Waals surface area contributed by atoms with Gasteiger partial charge in [0.25, 0.3) is 5.91 Å². The van der Waals surface area contributed by atoms with Crippen molar-refractivity contribution < 1.29 is 18.7 Å². The molecule has 0 saturated carbocycles. The Morgan fingerprint density at radius 3 is 2.55 bits per heavy atom. The molecule has 0 heterocycles. The van der Waals surface area contributed by atoms with Crippen molar-refractivity contribution in [1.29, 1.82) is 0 Å². The van der Waals surface area contributed by atoms with Crippen LogP contribution < -0.4 is 15.4 Å². The summed E-state index contributed by atoms with van der Waals surface area (Å²) in [7, 11) is 1.64. The van der Waals surface area contributed by atoms with E-state index in [1.165, 1.54) is 24.3 Å². The molecule has 0 fully saturated rings. The van der Waals surface area contributed by atoms with Crippen LogP contribution in [0.2, 0.25) is 0 Å². The SMILES string of the molecule is COCCNCCNC(=O)COc1ccc(F)cc1.Cl. The number of carbonyl (C=O) groups excluding carboxylic acids is 1. The quantitative estimate of drug-likeness (QED) is 0.668. The molecule has 0 spiro atoms. The first-order chi connectivity index (χ1) is 9.22. The van der Waals surface area contributed by atoms with Crippen LogP contribution in [0, 0.1) is 5.82 Å². The third kappa shape index (κ3) is 8.68. The van der Waals surface area contributed by atoms with Crippen molar-refractivity contribution in [3.63, 3.8) is 0 Å². The largest absolute Gasteiger partial charge is 0.484 e. The van der Waals surface area contributed by atoms with Crippen molar-refractivity contribution in [3.8, 4) is 5.75 Å². The van der Waals surface area contributed by atoms with Gasteiger partial charge in [0, 0.05) is 26.7 Å². The molecular formula is C13H20ClFN2O3. The number of hydrogen-bond donors (Lipinski definition) is 2. The fourth-order valence-electron chi connectivity index (χ4n) is 1.32. The van der Waals surface area contributed by atoms with Crippen LogP contribution in [-0.2, 0) is 9.53 Å². The van der Waals surface area contributed by atoms with Crippen LogP contribution in [0.4, 0.5) is 4.39 Å². The number of nitrogens with one attached hydrogen (secondary N) is 2. The molecule has 2 N–H and O–H groups in total. The van der Waals surface area contributed by atoms with Gasteiger partial charge in [0.1, 0.15) is 11.6 Å². The van der Waals surface area contributed by atoms with E-state index in [9.17, 15) is 9.18 Å². The molecule has 5 nitrogen and oxygen atoms in total. The molecular weight excluding hydrogens is 287 g/mol. The lowest BCUT2D eigenvalue weighted by Crippen LogP contribution is -2.35. The highest BCUT2D eigenvalue weighted by Crippen LogP contribution is 2.10. The van der Waals surface area contributed by atoms with Crippen LogP contribution >= 0.6 is 12.4 Å². The minimum atomic E-state index is -0.334. The third-order valence-electron chi connectivity index (χ3n) is 2.29. The Kier molecular flexibility index (Phi) is 10.7. The topological polar surface area (TPSA) is 59.6 Å². The highest BCUT2D eigenvalue weighted by atomic mass is 35.5. The first-order valence-corrected chi connectivity index (χ1v) is 6.07. The summed E-state index contributed by atoms with van der Waals surface area (Å²) < 4.78 is 22.7. The number of carbonyl (C=O) groups is 1. The second-order valence-electron chi connectivity index (χ2n) is 3.84. The van der Waals surface area contributed by atoms with Gasteiger partial charge in [-0.05, 0) is 24.3 Å². The molecule has 0 aromatic heterocycles. The molecule has 0 unspecified atom stereocenters. The standard InChI is InChI=1S/C13H19FN2O3.ClH/c1-18-9-8-15-6-7-16-13(17)10-19-12-4-2-11(14)3-5-12;/h2-5,15H,6-10H2,1H3,(H,16,17);1H. The van der Waals surface area contributed by atoms with E-state index in [1.807, 2.05) is 0 Å². The number of amides is 1. The number of rotatable bonds is 9. The number of hydrogen-bond acceptors (Lipinski definition) is 4. The molecule has 1 rings (SSSR count). The summed E-state index contributed by atoms with van der Waals surface area (Å²) in [5.41, 5.74) is 0. The molecule has 0 aliphatic heterocycles. The van der Waals surface area contributed by atoms with Crippen LogP contribution in [-0.4, -0.2) is 45.9 Å². The molecule has 0 saturated heterocycles. The zero-order valence-electron chi connectivity index (χ0n) is 11.4. The van der Waals surface area contributed by atoms with Crippen LogP contribution in [0.5, 0.6) is 5.75 Å². The van der Waals surface area contributed by atoms with E-state index in [4.69, 9.17) is 9.47 Å². The van der Waals surface area contributed by atoms with Crippen molar-refractivity contribution in [2.75, 3.05) is 40.0 Å². The first-order valence-electron chi connectivity index (χ1n) is 6.07. The molecule has 1 amide bonds. The van der Waals surface area contributed by atoms with Gasteiger partial charge in [-0.15, -0.1) is 12.4 Å². The normalized spacial score (nSPS) is 9.70. The van der Waals surface area contributed by atoms with Crippen molar-refractivity contribution in [1.82, 2.24) is 10.6 Å². The van der Waals surface area contributed by atoms with Gasteiger partial charge in [0.2, 0.25) is 0 Å². The predicted octanol–water partition coefficient (Wildman–Crippen LogP) is 0.978. The van der Waals surface area contributed by atoms with Gasteiger partial charge in [-0.2, -0.15) is 0 Å². The van der Waals surface area contributed by atoms with Crippen LogP contribution in [0.25, 0.3) is 0 Å². The summed E-state index contributed by atoms with van der Waals surface area (Å²) in [6.45, 7) is 2.50. The average Bonchev–Trinajstić information content (AvgIpc) is 2.42. The molecule has 0 bridgehead atoms. The smallest absolute Gasteiger partial charge is 0.257 e. The molecule has 114 valence electrons. The Morgan fingerprint density at radius 1 is 1.20 bits per heavy atom. The fraction of sp³-hybridized carbons (Fsp3) is 0.462. The Bertz CT molecular complexity index is 376. The Hall–Kier alpha value is -1.37. The summed E-state index contributed by atoms with van der Waals surface area (Å²) in [4.78, 5) is 11.4. The van der Waals surface area contributed by atoms with Crippen molar-refractivity contribution in [3.05, 3.63) is 30.1 Å². The number of benzene rings is 1. The van der Waals surface area contributed by atoms with Gasteiger partial charge in [-0.1, -0.05) is 0 Å².